The van der Waals surface area contributed by atoms with E-state index < -0.39 is 16.1 Å². The van der Waals surface area contributed by atoms with Gasteiger partial charge in [0.15, 0.2) is 0 Å². The molecule has 0 radical (unpaired) electrons. The fourth-order valence-corrected chi connectivity index (χ4v) is 3.66. The molecule has 2 amide bonds. The third-order valence-electron chi connectivity index (χ3n) is 4.35. The van der Waals surface area contributed by atoms with E-state index in [0.29, 0.717) is 13.1 Å². The van der Waals surface area contributed by atoms with Crippen molar-refractivity contribution < 1.29 is 23.1 Å². The van der Waals surface area contributed by atoms with Crippen LogP contribution in [0.4, 0.5) is 0 Å². The molecule has 0 bridgehead atoms. The Morgan fingerprint density at radius 3 is 2.27 bits per heavy atom. The number of aliphatic hydroxyl groups excluding tert-OH is 1. The highest BCUT2D eigenvalue weighted by Crippen LogP contribution is 2.12. The minimum Gasteiger partial charge on any atom is -0.394 e. The van der Waals surface area contributed by atoms with Crippen molar-refractivity contribution in [3.63, 3.8) is 0 Å². The Balaban J connectivity index is 1.77. The fourth-order valence-electron chi connectivity index (χ4n) is 2.83. The summed E-state index contributed by atoms with van der Waals surface area (Å²) in [7, 11) is -3.24. The van der Waals surface area contributed by atoms with Crippen LogP contribution in [0, 0.1) is 0 Å². The number of piperazine rings is 1. The van der Waals surface area contributed by atoms with Crippen LogP contribution in [0.25, 0.3) is 0 Å². The van der Waals surface area contributed by atoms with E-state index in [1.165, 1.54) is 4.31 Å². The summed E-state index contributed by atoms with van der Waals surface area (Å²) < 4.78 is 24.3. The van der Waals surface area contributed by atoms with E-state index >= 15 is 0 Å². The van der Waals surface area contributed by atoms with Crippen molar-refractivity contribution in [3.05, 3.63) is 35.9 Å². The molecule has 1 aliphatic rings. The lowest BCUT2D eigenvalue weighted by Gasteiger charge is -2.33. The van der Waals surface area contributed by atoms with E-state index in [9.17, 15) is 23.1 Å². The standard InChI is InChI=1S/C17H25N3O5S/c1-26(24,25)20-11-9-19(10-12-20)17(23)8-7-16(22)18-15(13-21)14-5-3-2-4-6-14/h2-6,15,21H,7-13H2,1H3,(H,18,22)/t15-/m0/s1. The normalized spacial score (nSPS) is 16.9. The van der Waals surface area contributed by atoms with Crippen LogP contribution in [0.5, 0.6) is 0 Å². The van der Waals surface area contributed by atoms with Crippen molar-refractivity contribution in [2.45, 2.75) is 18.9 Å². The summed E-state index contributed by atoms with van der Waals surface area (Å²) in [6.07, 6.45) is 1.23. The second kappa shape index (κ2) is 9.11. The topological polar surface area (TPSA) is 107 Å². The number of amides is 2. The molecule has 0 saturated carbocycles. The Hall–Kier alpha value is -1.97. The minimum absolute atomic E-state index is 0.0223. The Bertz CT molecular complexity index is 715. The van der Waals surface area contributed by atoms with Crippen LogP contribution >= 0.6 is 0 Å². The predicted molar refractivity (Wildman–Crippen MR) is 96.6 cm³/mol. The van der Waals surface area contributed by atoms with E-state index in [1.54, 1.807) is 4.90 Å². The second-order valence-electron chi connectivity index (χ2n) is 6.26. The number of nitrogens with zero attached hydrogens (tertiary/aromatic N) is 2. The average molecular weight is 383 g/mol. The zero-order chi connectivity index (χ0) is 19.2. The molecule has 1 fully saturated rings. The molecule has 0 aromatic heterocycles. The average Bonchev–Trinajstić information content (AvgIpc) is 2.64. The van der Waals surface area contributed by atoms with Gasteiger partial charge in [0.05, 0.1) is 18.9 Å². The van der Waals surface area contributed by atoms with E-state index in [0.717, 1.165) is 11.8 Å². The number of benzene rings is 1. The molecule has 0 spiro atoms. The van der Waals surface area contributed by atoms with E-state index in [2.05, 4.69) is 5.32 Å². The van der Waals surface area contributed by atoms with Gasteiger partial charge in [-0.05, 0) is 5.56 Å². The second-order valence-corrected chi connectivity index (χ2v) is 8.24. The minimum atomic E-state index is -3.24. The highest BCUT2D eigenvalue weighted by atomic mass is 32.2. The summed E-state index contributed by atoms with van der Waals surface area (Å²) in [6, 6.07) is 8.62. The first-order valence-corrected chi connectivity index (χ1v) is 10.3. The summed E-state index contributed by atoms with van der Waals surface area (Å²) in [6.45, 7) is 0.986. The summed E-state index contributed by atoms with van der Waals surface area (Å²) >= 11 is 0. The van der Waals surface area contributed by atoms with Crippen molar-refractivity contribution in [1.82, 2.24) is 14.5 Å². The Morgan fingerprint density at radius 1 is 1.12 bits per heavy atom. The number of hydrogen-bond acceptors (Lipinski definition) is 5. The quantitative estimate of drug-likeness (QED) is 0.673. The van der Waals surface area contributed by atoms with Gasteiger partial charge in [-0.3, -0.25) is 9.59 Å². The number of carbonyl (C=O) groups is 2. The molecular weight excluding hydrogens is 358 g/mol. The van der Waals surface area contributed by atoms with Crippen LogP contribution < -0.4 is 5.32 Å². The van der Waals surface area contributed by atoms with Gasteiger partial charge in [-0.25, -0.2) is 8.42 Å². The van der Waals surface area contributed by atoms with Gasteiger partial charge in [-0.2, -0.15) is 4.31 Å². The summed E-state index contributed by atoms with van der Waals surface area (Å²) in [5.74, 6) is -0.482. The molecule has 2 N–H and O–H groups in total. The van der Waals surface area contributed by atoms with Gasteiger partial charge in [-0.15, -0.1) is 0 Å². The van der Waals surface area contributed by atoms with Gasteiger partial charge >= 0.3 is 0 Å². The van der Waals surface area contributed by atoms with Crippen LogP contribution in [-0.2, 0) is 19.6 Å². The third kappa shape index (κ3) is 5.79. The van der Waals surface area contributed by atoms with E-state index in [4.69, 9.17) is 0 Å². The zero-order valence-electron chi connectivity index (χ0n) is 14.8. The molecule has 1 aliphatic heterocycles. The van der Waals surface area contributed by atoms with Crippen LogP contribution in [0.2, 0.25) is 0 Å². The van der Waals surface area contributed by atoms with Crippen LogP contribution in [-0.4, -0.2) is 73.6 Å². The SMILES string of the molecule is CS(=O)(=O)N1CCN(C(=O)CCC(=O)N[C@@H](CO)c2ccccc2)CC1. The van der Waals surface area contributed by atoms with Crippen LogP contribution in [0.15, 0.2) is 30.3 Å². The summed E-state index contributed by atoms with van der Waals surface area (Å²) in [5, 5.41) is 12.2. The number of hydrogen-bond donors (Lipinski definition) is 2. The first kappa shape index (κ1) is 20.3. The molecule has 1 aromatic rings. The molecule has 0 unspecified atom stereocenters. The van der Waals surface area contributed by atoms with Crippen molar-refractivity contribution in [3.8, 4) is 0 Å². The number of rotatable bonds is 7. The summed E-state index contributed by atoms with van der Waals surface area (Å²) in [4.78, 5) is 25.9. The lowest BCUT2D eigenvalue weighted by molar-refractivity contribution is -0.134. The van der Waals surface area contributed by atoms with Gasteiger partial charge in [0.2, 0.25) is 21.8 Å². The van der Waals surface area contributed by atoms with Crippen LogP contribution in [0.1, 0.15) is 24.4 Å². The maximum absolute atomic E-state index is 12.2. The number of carbonyl (C=O) groups excluding carboxylic acids is 2. The van der Waals surface area contributed by atoms with Crippen LogP contribution in [0.3, 0.4) is 0 Å². The van der Waals surface area contributed by atoms with E-state index in [1.807, 2.05) is 30.3 Å². The molecule has 26 heavy (non-hydrogen) atoms. The maximum atomic E-state index is 12.2. The Labute approximate surface area is 153 Å². The number of aliphatic hydroxyl groups is 1. The predicted octanol–water partition coefficient (Wildman–Crippen LogP) is -0.280. The first-order valence-electron chi connectivity index (χ1n) is 8.49. The van der Waals surface area contributed by atoms with E-state index in [-0.39, 0.29) is 44.4 Å². The molecule has 1 atom stereocenters. The highest BCUT2D eigenvalue weighted by molar-refractivity contribution is 7.88. The van der Waals surface area contributed by atoms with Crippen molar-refractivity contribution in [2.24, 2.45) is 0 Å². The first-order chi connectivity index (χ1) is 12.3. The molecular formula is C17H25N3O5S. The van der Waals surface area contributed by atoms with Gasteiger partial charge in [0.25, 0.3) is 0 Å². The van der Waals surface area contributed by atoms with Gasteiger partial charge in [0, 0.05) is 39.0 Å². The molecule has 144 valence electrons. The lowest BCUT2D eigenvalue weighted by atomic mass is 10.1. The molecule has 2 rings (SSSR count). The van der Waals surface area contributed by atoms with Crippen molar-refractivity contribution in [1.29, 1.82) is 0 Å². The summed E-state index contributed by atoms with van der Waals surface area (Å²) in [5.41, 5.74) is 0.798. The monoisotopic (exact) mass is 383 g/mol. The Morgan fingerprint density at radius 2 is 1.73 bits per heavy atom. The zero-order valence-corrected chi connectivity index (χ0v) is 15.6. The Kier molecular flexibility index (Phi) is 7.13. The number of nitrogens with one attached hydrogen (secondary N) is 1. The van der Waals surface area contributed by atoms with Gasteiger partial charge < -0.3 is 15.3 Å². The van der Waals surface area contributed by atoms with Crippen molar-refractivity contribution in [2.75, 3.05) is 39.0 Å². The molecule has 0 aliphatic carbocycles. The van der Waals surface area contributed by atoms with Gasteiger partial charge in [0.1, 0.15) is 0 Å². The molecule has 9 heteroatoms. The lowest BCUT2D eigenvalue weighted by Crippen LogP contribution is -2.50. The fraction of sp³-hybridized carbons (Fsp3) is 0.529. The highest BCUT2D eigenvalue weighted by Gasteiger charge is 2.26. The molecule has 1 aromatic carbocycles. The van der Waals surface area contributed by atoms with Crippen molar-refractivity contribution >= 4 is 21.8 Å². The third-order valence-corrected chi connectivity index (χ3v) is 5.65. The van der Waals surface area contributed by atoms with Gasteiger partial charge in [-0.1, -0.05) is 30.3 Å². The molecule has 8 nitrogen and oxygen atoms in total. The maximum Gasteiger partial charge on any atom is 0.223 e. The smallest absolute Gasteiger partial charge is 0.223 e. The number of sulfonamides is 1. The largest absolute Gasteiger partial charge is 0.394 e. The molecule has 1 saturated heterocycles. The molecule has 1 heterocycles.